The first-order valence-electron chi connectivity index (χ1n) is 11.2. The molecule has 0 aliphatic carbocycles. The van der Waals surface area contributed by atoms with Crippen LogP contribution in [0.2, 0.25) is 5.02 Å². The summed E-state index contributed by atoms with van der Waals surface area (Å²) in [6.45, 7) is 10.5. The second kappa shape index (κ2) is 11.5. The lowest BCUT2D eigenvalue weighted by atomic mass is 10.1. The molecule has 0 saturated carbocycles. The highest BCUT2D eigenvalue weighted by atomic mass is 35.5. The molecule has 35 heavy (non-hydrogen) atoms. The zero-order chi connectivity index (χ0) is 26.6. The van der Waals surface area contributed by atoms with Crippen molar-refractivity contribution >= 4 is 29.8 Å². The second-order valence-electron chi connectivity index (χ2n) is 10.1. The van der Waals surface area contributed by atoms with Crippen LogP contribution in [0.1, 0.15) is 48.5 Å². The molecule has 10 nitrogen and oxygen atoms in total. The van der Waals surface area contributed by atoms with Crippen LogP contribution < -0.4 is 4.74 Å². The van der Waals surface area contributed by atoms with Gasteiger partial charge in [-0.3, -0.25) is 0 Å². The van der Waals surface area contributed by atoms with E-state index in [0.717, 1.165) is 0 Å². The molecule has 1 aromatic rings. The maximum absolute atomic E-state index is 13.2. The van der Waals surface area contributed by atoms with Gasteiger partial charge in [0.25, 0.3) is 0 Å². The van der Waals surface area contributed by atoms with Gasteiger partial charge in [-0.2, -0.15) is 4.90 Å². The van der Waals surface area contributed by atoms with Crippen LogP contribution in [-0.4, -0.2) is 76.9 Å². The van der Waals surface area contributed by atoms with E-state index in [4.69, 9.17) is 35.3 Å². The van der Waals surface area contributed by atoms with Gasteiger partial charge in [0.2, 0.25) is 0 Å². The van der Waals surface area contributed by atoms with Crippen molar-refractivity contribution in [3.63, 3.8) is 0 Å². The lowest BCUT2D eigenvalue weighted by molar-refractivity contribution is -0.160. The van der Waals surface area contributed by atoms with Crippen LogP contribution in [0.25, 0.3) is 0 Å². The van der Waals surface area contributed by atoms with Crippen molar-refractivity contribution < 1.29 is 43.2 Å². The Balaban J connectivity index is 2.33. The van der Waals surface area contributed by atoms with Crippen molar-refractivity contribution in [2.75, 3.05) is 13.2 Å². The van der Waals surface area contributed by atoms with E-state index in [1.54, 1.807) is 65.8 Å². The number of hydrogen-bond donors (Lipinski definition) is 1. The van der Waals surface area contributed by atoms with Crippen molar-refractivity contribution in [2.24, 2.45) is 0 Å². The summed E-state index contributed by atoms with van der Waals surface area (Å²) in [4.78, 5) is 39.6. The zero-order valence-electron chi connectivity index (χ0n) is 21.1. The normalized spacial score (nSPS) is 23.7. The molecule has 0 radical (unpaired) electrons. The largest absolute Gasteiger partial charge is 0.484 e. The maximum atomic E-state index is 13.2. The highest BCUT2D eigenvalue weighted by molar-refractivity contribution is 6.30. The summed E-state index contributed by atoms with van der Waals surface area (Å²) in [7, 11) is 0. The molecule has 1 N–H and O–H groups in total. The summed E-state index contributed by atoms with van der Waals surface area (Å²) < 4.78 is 27.5. The van der Waals surface area contributed by atoms with E-state index in [9.17, 15) is 19.5 Å². The quantitative estimate of drug-likeness (QED) is 0.471. The predicted octanol–water partition coefficient (Wildman–Crippen LogP) is 3.95. The molecule has 1 aliphatic heterocycles. The molecule has 1 saturated heterocycles. The van der Waals surface area contributed by atoms with Gasteiger partial charge in [-0.1, -0.05) is 17.7 Å². The third-order valence-electron chi connectivity index (χ3n) is 4.54. The molecule has 0 spiro atoms. The van der Waals surface area contributed by atoms with Gasteiger partial charge in [-0.15, -0.1) is 0 Å². The van der Waals surface area contributed by atoms with E-state index in [-0.39, 0.29) is 6.61 Å². The number of cyclic esters (lactones) is 1. The molecule has 1 aliphatic rings. The molecule has 196 valence electrons. The third kappa shape index (κ3) is 8.87. The molecule has 0 bridgehead atoms. The van der Waals surface area contributed by atoms with Crippen molar-refractivity contribution in [2.45, 2.75) is 84.0 Å². The number of aliphatic hydroxyl groups is 1. The molecule has 1 aromatic carbocycles. The zero-order valence-corrected chi connectivity index (χ0v) is 21.8. The van der Waals surface area contributed by atoms with E-state index < -0.39 is 60.3 Å². The smallest absolute Gasteiger partial charge is 0.420 e. The van der Waals surface area contributed by atoms with Crippen LogP contribution >= 0.6 is 11.6 Å². The fourth-order valence-corrected chi connectivity index (χ4v) is 3.29. The van der Waals surface area contributed by atoms with Gasteiger partial charge in [0.15, 0.2) is 12.1 Å². The highest BCUT2D eigenvalue weighted by Gasteiger charge is 2.44. The minimum absolute atomic E-state index is 0.265. The SMILES string of the molecule is C[C@@H]1OC(=O)[C@@H](N(C(=O)OC(C)(C)C)C(=O)OC(C)(C)C)COC[C@H](O)[C@H]1Oc1cccc(Cl)c1. The third-order valence-corrected chi connectivity index (χ3v) is 4.78. The maximum Gasteiger partial charge on any atom is 0.420 e. The first-order valence-corrected chi connectivity index (χ1v) is 11.6. The molecule has 0 unspecified atom stereocenters. The Hall–Kier alpha value is -2.56. The number of carbonyl (C=O) groups is 3. The van der Waals surface area contributed by atoms with Gasteiger partial charge >= 0.3 is 18.2 Å². The van der Waals surface area contributed by atoms with Crippen LogP contribution in [0.5, 0.6) is 5.75 Å². The van der Waals surface area contributed by atoms with E-state index >= 15 is 0 Å². The topological polar surface area (TPSA) is 121 Å². The summed E-state index contributed by atoms with van der Waals surface area (Å²) >= 11 is 6.00. The average Bonchev–Trinajstić information content (AvgIpc) is 2.71. The molecule has 4 atom stereocenters. The molecule has 0 aromatic heterocycles. The van der Waals surface area contributed by atoms with Crippen molar-refractivity contribution in [3.05, 3.63) is 29.3 Å². The summed E-state index contributed by atoms with van der Waals surface area (Å²) in [5.41, 5.74) is -1.92. The number of halogens is 1. The number of hydrogen-bond acceptors (Lipinski definition) is 9. The standard InChI is InChI=1S/C24H34ClNO9/c1-14-19(33-16-10-8-9-15(25)11-16)18(27)13-31-12-17(20(28)32-14)26(21(29)34-23(2,3)4)22(30)35-24(5,6)7/h8-11,14,17-19,27H,12-13H2,1-7H3/t14-,17-,18-,19-/m0/s1. The summed E-state index contributed by atoms with van der Waals surface area (Å²) in [5.74, 6) is -0.604. The molecule has 2 amide bonds. The molecular weight excluding hydrogens is 482 g/mol. The number of rotatable bonds is 3. The lowest BCUT2D eigenvalue weighted by Crippen LogP contribution is -2.54. The Bertz CT molecular complexity index is 881. The number of imide groups is 1. The van der Waals surface area contributed by atoms with Gasteiger partial charge in [-0.25, -0.2) is 14.4 Å². The van der Waals surface area contributed by atoms with Gasteiger partial charge < -0.3 is 28.8 Å². The van der Waals surface area contributed by atoms with Crippen LogP contribution in [0.4, 0.5) is 9.59 Å². The van der Waals surface area contributed by atoms with Crippen molar-refractivity contribution in [3.8, 4) is 5.75 Å². The Morgan fingerprint density at radius 2 is 1.63 bits per heavy atom. The number of ether oxygens (including phenoxy) is 5. The lowest BCUT2D eigenvalue weighted by Gasteiger charge is -2.32. The molecule has 1 heterocycles. The minimum atomic E-state index is -1.53. The minimum Gasteiger partial charge on any atom is -0.484 e. The number of aliphatic hydroxyl groups excluding tert-OH is 1. The summed E-state index contributed by atoms with van der Waals surface area (Å²) in [6.07, 6.45) is -5.41. The first kappa shape index (κ1) is 28.7. The number of carbonyl (C=O) groups excluding carboxylic acids is 3. The van der Waals surface area contributed by atoms with Crippen LogP contribution in [0.3, 0.4) is 0 Å². The van der Waals surface area contributed by atoms with Crippen LogP contribution in [0, 0.1) is 0 Å². The molecular formula is C24H34ClNO9. The fraction of sp³-hybridized carbons (Fsp3) is 0.625. The van der Waals surface area contributed by atoms with Gasteiger partial charge in [0, 0.05) is 5.02 Å². The van der Waals surface area contributed by atoms with Gasteiger partial charge in [0.05, 0.1) is 13.2 Å². The van der Waals surface area contributed by atoms with Gasteiger partial charge in [-0.05, 0) is 66.7 Å². The highest BCUT2D eigenvalue weighted by Crippen LogP contribution is 2.24. The Labute approximate surface area is 210 Å². The van der Waals surface area contributed by atoms with E-state index in [2.05, 4.69) is 0 Å². The van der Waals surface area contributed by atoms with Crippen molar-refractivity contribution in [1.29, 1.82) is 0 Å². The van der Waals surface area contributed by atoms with E-state index in [1.165, 1.54) is 6.92 Å². The van der Waals surface area contributed by atoms with E-state index in [1.807, 2.05) is 0 Å². The van der Waals surface area contributed by atoms with Crippen molar-refractivity contribution in [1.82, 2.24) is 4.90 Å². The molecule has 2 rings (SSSR count). The monoisotopic (exact) mass is 515 g/mol. The second-order valence-corrected chi connectivity index (χ2v) is 10.6. The summed E-state index contributed by atoms with van der Waals surface area (Å²) in [5, 5.41) is 11.1. The first-order chi connectivity index (χ1) is 16.1. The Morgan fingerprint density at radius 3 is 2.14 bits per heavy atom. The van der Waals surface area contributed by atoms with Crippen LogP contribution in [-0.2, 0) is 23.7 Å². The number of benzene rings is 1. The van der Waals surface area contributed by atoms with Gasteiger partial charge in [0.1, 0.15) is 29.2 Å². The Morgan fingerprint density at radius 1 is 1.06 bits per heavy atom. The fourth-order valence-electron chi connectivity index (χ4n) is 3.11. The van der Waals surface area contributed by atoms with E-state index in [0.29, 0.717) is 15.7 Å². The summed E-state index contributed by atoms with van der Waals surface area (Å²) in [6, 6.07) is 4.98. The number of amides is 2. The predicted molar refractivity (Wildman–Crippen MR) is 126 cm³/mol. The van der Waals surface area contributed by atoms with Crippen LogP contribution in [0.15, 0.2) is 24.3 Å². The average molecular weight is 516 g/mol. The number of nitrogens with zero attached hydrogens (tertiary/aromatic N) is 1. The number of esters is 1. The molecule has 11 heteroatoms. The Kier molecular flexibility index (Phi) is 9.38. The molecule has 1 fully saturated rings.